The smallest absolute Gasteiger partial charge is 0.309 e. The highest BCUT2D eigenvalue weighted by Gasteiger charge is 2.26. The minimum absolute atomic E-state index is 0.0985. The zero-order valence-corrected chi connectivity index (χ0v) is 11.1. The van der Waals surface area contributed by atoms with Crippen LogP contribution in [0.2, 0.25) is 0 Å². The third-order valence-electron chi connectivity index (χ3n) is 3.11. The van der Waals surface area contributed by atoms with E-state index in [1.54, 1.807) is 24.3 Å². The fourth-order valence-corrected chi connectivity index (χ4v) is 1.98. The van der Waals surface area contributed by atoms with Gasteiger partial charge in [-0.3, -0.25) is 14.4 Å². The summed E-state index contributed by atoms with van der Waals surface area (Å²) in [6.07, 6.45) is 1.10. The number of hydrogen-bond acceptors (Lipinski definition) is 4. The van der Waals surface area contributed by atoms with Crippen molar-refractivity contribution in [3.05, 3.63) is 29.8 Å². The van der Waals surface area contributed by atoms with Crippen LogP contribution in [0.1, 0.15) is 18.4 Å². The standard InChI is InChI=1S/C14H16N2O4/c1-20-13(18)8-9-2-4-10(5-3-9)15-14(19)11-6-7-12(17)16-11/h2-5,11H,6-8H2,1H3,(H,15,19)(H,16,17). The molecule has 0 spiro atoms. The molecule has 1 saturated heterocycles. The lowest BCUT2D eigenvalue weighted by Crippen LogP contribution is -2.37. The van der Waals surface area contributed by atoms with Gasteiger partial charge < -0.3 is 15.4 Å². The fourth-order valence-electron chi connectivity index (χ4n) is 1.98. The van der Waals surface area contributed by atoms with E-state index in [4.69, 9.17) is 0 Å². The van der Waals surface area contributed by atoms with E-state index in [0.717, 1.165) is 5.56 Å². The lowest BCUT2D eigenvalue weighted by Gasteiger charge is -2.11. The molecule has 1 aromatic carbocycles. The van der Waals surface area contributed by atoms with Crippen molar-refractivity contribution in [2.75, 3.05) is 12.4 Å². The molecule has 0 radical (unpaired) electrons. The van der Waals surface area contributed by atoms with Gasteiger partial charge in [-0.1, -0.05) is 12.1 Å². The van der Waals surface area contributed by atoms with Gasteiger partial charge in [0.25, 0.3) is 0 Å². The number of rotatable bonds is 4. The topological polar surface area (TPSA) is 84.5 Å². The third kappa shape index (κ3) is 3.57. The number of hydrogen-bond donors (Lipinski definition) is 2. The summed E-state index contributed by atoms with van der Waals surface area (Å²) in [5.74, 6) is -0.634. The second-order valence-corrected chi connectivity index (χ2v) is 4.60. The van der Waals surface area contributed by atoms with Gasteiger partial charge in [-0.25, -0.2) is 0 Å². The molecule has 1 fully saturated rings. The Morgan fingerprint density at radius 3 is 2.60 bits per heavy atom. The van der Waals surface area contributed by atoms with E-state index in [1.807, 2.05) is 0 Å². The number of esters is 1. The minimum atomic E-state index is -0.461. The first-order valence-corrected chi connectivity index (χ1v) is 6.34. The average Bonchev–Trinajstić information content (AvgIpc) is 2.87. The van der Waals surface area contributed by atoms with Gasteiger partial charge in [-0.15, -0.1) is 0 Å². The summed E-state index contributed by atoms with van der Waals surface area (Å²) in [6.45, 7) is 0. The van der Waals surface area contributed by atoms with Gasteiger partial charge >= 0.3 is 5.97 Å². The van der Waals surface area contributed by atoms with Gasteiger partial charge in [0.05, 0.1) is 13.5 Å². The second-order valence-electron chi connectivity index (χ2n) is 4.60. The number of carbonyl (C=O) groups is 3. The lowest BCUT2D eigenvalue weighted by atomic mass is 10.1. The van der Waals surface area contributed by atoms with Crippen molar-refractivity contribution in [2.24, 2.45) is 0 Å². The molecule has 106 valence electrons. The molecule has 1 aliphatic heterocycles. The predicted octanol–water partition coefficient (Wildman–Crippen LogP) is 0.619. The molecule has 0 bridgehead atoms. The minimum Gasteiger partial charge on any atom is -0.469 e. The molecule has 2 N–H and O–H groups in total. The molecule has 20 heavy (non-hydrogen) atoms. The Hall–Kier alpha value is -2.37. The zero-order valence-electron chi connectivity index (χ0n) is 11.1. The normalized spacial score (nSPS) is 17.4. The number of ether oxygens (including phenoxy) is 1. The van der Waals surface area contributed by atoms with Crippen LogP contribution in [0.3, 0.4) is 0 Å². The van der Waals surface area contributed by atoms with Crippen LogP contribution in [-0.4, -0.2) is 30.9 Å². The van der Waals surface area contributed by atoms with E-state index in [-0.39, 0.29) is 24.2 Å². The van der Waals surface area contributed by atoms with Crippen LogP contribution < -0.4 is 10.6 Å². The van der Waals surface area contributed by atoms with Crippen molar-refractivity contribution in [1.82, 2.24) is 5.32 Å². The predicted molar refractivity (Wildman–Crippen MR) is 72.0 cm³/mol. The zero-order chi connectivity index (χ0) is 14.5. The Morgan fingerprint density at radius 1 is 1.35 bits per heavy atom. The van der Waals surface area contributed by atoms with E-state index in [9.17, 15) is 14.4 Å². The van der Waals surface area contributed by atoms with Crippen molar-refractivity contribution in [3.63, 3.8) is 0 Å². The summed E-state index contributed by atoms with van der Waals surface area (Å²) in [6, 6.07) is 6.47. The van der Waals surface area contributed by atoms with Crippen LogP contribution in [0.25, 0.3) is 0 Å². The SMILES string of the molecule is COC(=O)Cc1ccc(NC(=O)C2CCC(=O)N2)cc1. The lowest BCUT2D eigenvalue weighted by molar-refractivity contribution is -0.139. The quantitative estimate of drug-likeness (QED) is 0.789. The van der Waals surface area contributed by atoms with Crippen LogP contribution in [0.4, 0.5) is 5.69 Å². The summed E-state index contributed by atoms with van der Waals surface area (Å²) in [5.41, 5.74) is 1.44. The van der Waals surface area contributed by atoms with Crippen molar-refractivity contribution in [2.45, 2.75) is 25.3 Å². The Labute approximate surface area is 116 Å². The first kappa shape index (κ1) is 14.0. The van der Waals surface area contributed by atoms with Gasteiger partial charge in [0.15, 0.2) is 0 Å². The molecule has 0 aliphatic carbocycles. The first-order valence-electron chi connectivity index (χ1n) is 6.34. The monoisotopic (exact) mass is 276 g/mol. The van der Waals surface area contributed by atoms with Crippen molar-refractivity contribution in [3.8, 4) is 0 Å². The average molecular weight is 276 g/mol. The summed E-state index contributed by atoms with van der Waals surface area (Å²) in [7, 11) is 1.34. The number of benzene rings is 1. The highest BCUT2D eigenvalue weighted by molar-refractivity contribution is 5.98. The number of amides is 2. The Morgan fingerprint density at radius 2 is 2.05 bits per heavy atom. The number of anilines is 1. The van der Waals surface area contributed by atoms with E-state index >= 15 is 0 Å². The van der Waals surface area contributed by atoms with Gasteiger partial charge in [-0.05, 0) is 24.1 Å². The van der Waals surface area contributed by atoms with Crippen LogP contribution in [0, 0.1) is 0 Å². The summed E-state index contributed by atoms with van der Waals surface area (Å²) in [4.78, 5) is 34.0. The molecule has 1 atom stereocenters. The molecule has 1 aromatic rings. The van der Waals surface area contributed by atoms with Crippen LogP contribution in [0.5, 0.6) is 0 Å². The number of nitrogens with one attached hydrogen (secondary N) is 2. The number of methoxy groups -OCH3 is 1. The van der Waals surface area contributed by atoms with Crippen molar-refractivity contribution in [1.29, 1.82) is 0 Å². The fraction of sp³-hybridized carbons (Fsp3) is 0.357. The molecular weight excluding hydrogens is 260 g/mol. The molecule has 0 saturated carbocycles. The van der Waals surface area contributed by atoms with E-state index in [1.165, 1.54) is 7.11 Å². The molecule has 2 rings (SSSR count). The molecule has 1 heterocycles. The van der Waals surface area contributed by atoms with E-state index in [0.29, 0.717) is 18.5 Å². The van der Waals surface area contributed by atoms with E-state index < -0.39 is 6.04 Å². The third-order valence-corrected chi connectivity index (χ3v) is 3.11. The van der Waals surface area contributed by atoms with Crippen molar-refractivity contribution >= 4 is 23.5 Å². The molecule has 1 aliphatic rings. The van der Waals surface area contributed by atoms with Crippen LogP contribution in [0.15, 0.2) is 24.3 Å². The van der Waals surface area contributed by atoms with Gasteiger partial charge in [0, 0.05) is 12.1 Å². The molecule has 1 unspecified atom stereocenters. The summed E-state index contributed by atoms with van der Waals surface area (Å²) < 4.78 is 4.58. The molecular formula is C14H16N2O4. The maximum Gasteiger partial charge on any atom is 0.309 e. The molecule has 6 heteroatoms. The maximum atomic E-state index is 11.9. The highest BCUT2D eigenvalue weighted by atomic mass is 16.5. The Bertz CT molecular complexity index is 524. The Kier molecular flexibility index (Phi) is 4.34. The molecule has 6 nitrogen and oxygen atoms in total. The van der Waals surface area contributed by atoms with E-state index in [2.05, 4.69) is 15.4 Å². The molecule has 0 aromatic heterocycles. The molecule has 2 amide bonds. The van der Waals surface area contributed by atoms with Gasteiger partial charge in [-0.2, -0.15) is 0 Å². The Balaban J connectivity index is 1.91. The highest BCUT2D eigenvalue weighted by Crippen LogP contribution is 2.13. The summed E-state index contributed by atoms with van der Waals surface area (Å²) >= 11 is 0. The largest absolute Gasteiger partial charge is 0.469 e. The summed E-state index contributed by atoms with van der Waals surface area (Å²) in [5, 5.41) is 5.34. The first-order chi connectivity index (χ1) is 9.58. The van der Waals surface area contributed by atoms with Crippen molar-refractivity contribution < 1.29 is 19.1 Å². The van der Waals surface area contributed by atoms with Gasteiger partial charge in [0.2, 0.25) is 11.8 Å². The number of carbonyl (C=O) groups excluding carboxylic acids is 3. The van der Waals surface area contributed by atoms with Gasteiger partial charge in [0.1, 0.15) is 6.04 Å². The van der Waals surface area contributed by atoms with Crippen LogP contribution >= 0.6 is 0 Å². The maximum absolute atomic E-state index is 11.9. The van der Waals surface area contributed by atoms with Crippen LogP contribution in [-0.2, 0) is 25.5 Å². The second kappa shape index (κ2) is 6.18.